The zero-order chi connectivity index (χ0) is 49.8. The summed E-state index contributed by atoms with van der Waals surface area (Å²) < 4.78 is 34.0. The standard InChI is InChI=1S/C28H24N2O5S.C28H24N2O4S/c1-34-28(32)24-9-5-6-10-25(24)30-26(31)17-21-11-16-27(29-18-21)36(33)23-14-12-22(13-15-23)35-19-20-7-3-2-4-8-20;1-33-28(32)24-9-5-6-10-25(24)30-26(31)17-21-11-16-27(29-18-21)35-23-14-12-22(13-15-23)34-19-20-7-3-2-4-8-20/h2-16,18H,17,19H2,1H3,(H,30,31);2-16,18H,17,19H2,1H3,(H,30,31). The highest BCUT2D eigenvalue weighted by Crippen LogP contribution is 2.28. The van der Waals surface area contributed by atoms with Gasteiger partial charge in [0.05, 0.1) is 49.6 Å². The lowest BCUT2D eigenvalue weighted by Crippen LogP contribution is -2.17. The van der Waals surface area contributed by atoms with Gasteiger partial charge in [0, 0.05) is 22.2 Å². The number of amides is 2. The van der Waals surface area contributed by atoms with Crippen LogP contribution in [0.5, 0.6) is 11.5 Å². The van der Waals surface area contributed by atoms with Crippen LogP contribution in [0.25, 0.3) is 0 Å². The minimum Gasteiger partial charge on any atom is -0.489 e. The van der Waals surface area contributed by atoms with Crippen molar-refractivity contribution in [3.05, 3.63) is 228 Å². The summed E-state index contributed by atoms with van der Waals surface area (Å²) in [6.07, 6.45) is 3.39. The summed E-state index contributed by atoms with van der Waals surface area (Å²) >= 11 is 1.53. The molecular formula is C56H48N4O9S2. The number of ether oxygens (including phenoxy) is 4. The number of para-hydroxylation sites is 2. The van der Waals surface area contributed by atoms with Crippen LogP contribution in [0.2, 0.25) is 0 Å². The van der Waals surface area contributed by atoms with Crippen molar-refractivity contribution < 1.29 is 42.3 Å². The van der Waals surface area contributed by atoms with Crippen molar-refractivity contribution in [1.29, 1.82) is 0 Å². The van der Waals surface area contributed by atoms with E-state index in [1.807, 2.05) is 97.1 Å². The highest BCUT2D eigenvalue weighted by atomic mass is 32.2. The van der Waals surface area contributed by atoms with E-state index in [1.165, 1.54) is 32.2 Å². The van der Waals surface area contributed by atoms with Crippen molar-refractivity contribution in [2.75, 3.05) is 24.9 Å². The molecule has 0 bridgehead atoms. The molecule has 0 fully saturated rings. The first-order valence-electron chi connectivity index (χ1n) is 22.1. The van der Waals surface area contributed by atoms with E-state index in [4.69, 9.17) is 18.9 Å². The van der Waals surface area contributed by atoms with Gasteiger partial charge in [-0.15, -0.1) is 0 Å². The van der Waals surface area contributed by atoms with E-state index in [0.717, 1.165) is 32.4 Å². The maximum Gasteiger partial charge on any atom is 0.339 e. The van der Waals surface area contributed by atoms with Crippen LogP contribution in [-0.2, 0) is 55.9 Å². The predicted octanol–water partition coefficient (Wildman–Crippen LogP) is 10.6. The summed E-state index contributed by atoms with van der Waals surface area (Å²) in [5.41, 5.74) is 4.98. The third-order valence-electron chi connectivity index (χ3n) is 10.3. The molecule has 2 N–H and O–H groups in total. The first kappa shape index (κ1) is 50.5. The van der Waals surface area contributed by atoms with Crippen LogP contribution < -0.4 is 20.1 Å². The SMILES string of the molecule is COC(=O)c1ccccc1NC(=O)Cc1ccc(S(=O)c2ccc(OCc3ccccc3)cc2)nc1.COC(=O)c1ccccc1NC(=O)Cc1ccc(Sc2ccc(OCc3ccccc3)cc2)nc1. The van der Waals surface area contributed by atoms with Crippen LogP contribution in [0.4, 0.5) is 11.4 Å². The Balaban J connectivity index is 0.000000209. The van der Waals surface area contributed by atoms with Crippen LogP contribution in [0.1, 0.15) is 43.0 Å². The molecule has 0 aliphatic carbocycles. The molecule has 1 atom stereocenters. The molecule has 2 aromatic heterocycles. The Morgan fingerprint density at radius 2 is 0.944 bits per heavy atom. The number of pyridine rings is 2. The molecule has 71 heavy (non-hydrogen) atoms. The van der Waals surface area contributed by atoms with Crippen LogP contribution in [0.3, 0.4) is 0 Å². The number of rotatable bonds is 18. The Morgan fingerprint density at radius 1 is 0.493 bits per heavy atom. The van der Waals surface area contributed by atoms with Gasteiger partial charge in [-0.05, 0) is 107 Å². The fourth-order valence-electron chi connectivity index (χ4n) is 6.71. The van der Waals surface area contributed by atoms with Crippen molar-refractivity contribution in [3.63, 3.8) is 0 Å². The van der Waals surface area contributed by atoms with Gasteiger partial charge in [-0.25, -0.2) is 23.8 Å². The van der Waals surface area contributed by atoms with Gasteiger partial charge in [0.15, 0.2) is 0 Å². The molecule has 0 saturated heterocycles. The molecular weight excluding hydrogens is 937 g/mol. The Labute approximate surface area is 418 Å². The molecule has 358 valence electrons. The molecule has 0 saturated carbocycles. The summed E-state index contributed by atoms with van der Waals surface area (Å²) in [5, 5.41) is 6.70. The van der Waals surface area contributed by atoms with Crippen LogP contribution >= 0.6 is 11.8 Å². The maximum atomic E-state index is 12.9. The number of aromatic nitrogens is 2. The number of hydrogen-bond donors (Lipinski definition) is 2. The molecule has 2 heterocycles. The molecule has 0 radical (unpaired) electrons. The van der Waals surface area contributed by atoms with Crippen LogP contribution in [0, 0.1) is 0 Å². The summed E-state index contributed by atoms with van der Waals surface area (Å²) in [5.74, 6) is -0.0957. The second-order valence-electron chi connectivity index (χ2n) is 15.4. The molecule has 0 aliphatic heterocycles. The van der Waals surface area contributed by atoms with Crippen molar-refractivity contribution in [3.8, 4) is 11.5 Å². The van der Waals surface area contributed by atoms with Crippen molar-refractivity contribution in [2.24, 2.45) is 0 Å². The number of carbonyl (C=O) groups is 4. The molecule has 13 nitrogen and oxygen atoms in total. The second kappa shape index (κ2) is 25.8. The fourth-order valence-corrected chi connectivity index (χ4v) is 8.43. The highest BCUT2D eigenvalue weighted by molar-refractivity contribution is 7.99. The van der Waals surface area contributed by atoms with E-state index in [9.17, 15) is 23.4 Å². The molecule has 8 aromatic rings. The van der Waals surface area contributed by atoms with Crippen LogP contribution in [-0.4, -0.2) is 52.1 Å². The van der Waals surface area contributed by atoms with Gasteiger partial charge in [-0.2, -0.15) is 0 Å². The topological polar surface area (TPSA) is 172 Å². The van der Waals surface area contributed by atoms with E-state index in [1.54, 1.807) is 91.1 Å². The Hall–Kier alpha value is -8.40. The number of esters is 2. The Bertz CT molecular complexity index is 3050. The van der Waals surface area contributed by atoms with Gasteiger partial charge in [0.1, 0.15) is 45.6 Å². The zero-order valence-corrected chi connectivity index (χ0v) is 40.3. The molecule has 15 heteroatoms. The monoisotopic (exact) mass is 984 g/mol. The van der Waals surface area contributed by atoms with Gasteiger partial charge in [-0.3, -0.25) is 9.59 Å². The Morgan fingerprint density at radius 3 is 1.39 bits per heavy atom. The summed E-state index contributed by atoms with van der Waals surface area (Å²) in [7, 11) is 1.11. The van der Waals surface area contributed by atoms with Gasteiger partial charge in [0.25, 0.3) is 0 Å². The number of nitrogens with one attached hydrogen (secondary N) is 2. The molecule has 0 aliphatic rings. The summed E-state index contributed by atoms with van der Waals surface area (Å²) in [6, 6.07) is 55.3. The number of hydrogen-bond acceptors (Lipinski definition) is 12. The Kier molecular flexibility index (Phi) is 18.4. The van der Waals surface area contributed by atoms with Crippen molar-refractivity contribution >= 4 is 57.7 Å². The molecule has 6 aromatic carbocycles. The van der Waals surface area contributed by atoms with Crippen molar-refractivity contribution in [2.45, 2.75) is 45.9 Å². The highest BCUT2D eigenvalue weighted by Gasteiger charge is 2.16. The maximum absolute atomic E-state index is 12.9. The lowest BCUT2D eigenvalue weighted by Gasteiger charge is -2.10. The fraction of sp³-hybridized carbons (Fsp3) is 0.107. The molecule has 1 unspecified atom stereocenters. The van der Waals surface area contributed by atoms with Gasteiger partial charge < -0.3 is 29.6 Å². The molecule has 2 amide bonds. The van der Waals surface area contributed by atoms with Crippen molar-refractivity contribution in [1.82, 2.24) is 9.97 Å². The van der Waals surface area contributed by atoms with Gasteiger partial charge >= 0.3 is 11.9 Å². The van der Waals surface area contributed by atoms with E-state index < -0.39 is 22.7 Å². The average Bonchev–Trinajstić information content (AvgIpc) is 3.41. The van der Waals surface area contributed by atoms with Gasteiger partial charge in [-0.1, -0.05) is 109 Å². The van der Waals surface area contributed by atoms with E-state index in [0.29, 0.717) is 51.4 Å². The number of nitrogens with zero attached hydrogens (tertiary/aromatic N) is 2. The predicted molar refractivity (Wildman–Crippen MR) is 272 cm³/mol. The lowest BCUT2D eigenvalue weighted by molar-refractivity contribution is -0.116. The largest absolute Gasteiger partial charge is 0.489 e. The second-order valence-corrected chi connectivity index (χ2v) is 17.9. The third kappa shape index (κ3) is 15.3. The number of carbonyl (C=O) groups excluding carboxylic acids is 4. The molecule has 0 spiro atoms. The summed E-state index contributed by atoms with van der Waals surface area (Å²) in [6.45, 7) is 0.979. The first-order chi connectivity index (χ1) is 34.6. The molecule has 8 rings (SSSR count). The van der Waals surface area contributed by atoms with Gasteiger partial charge in [0.2, 0.25) is 11.8 Å². The smallest absolute Gasteiger partial charge is 0.339 e. The normalized spacial score (nSPS) is 10.9. The minimum atomic E-state index is -1.48. The average molecular weight is 985 g/mol. The van der Waals surface area contributed by atoms with E-state index >= 15 is 0 Å². The van der Waals surface area contributed by atoms with E-state index in [-0.39, 0.29) is 30.2 Å². The number of benzene rings is 6. The zero-order valence-electron chi connectivity index (χ0n) is 38.7. The summed E-state index contributed by atoms with van der Waals surface area (Å²) in [4.78, 5) is 59.1. The number of methoxy groups -OCH3 is 2. The quantitative estimate of drug-likeness (QED) is 0.0781. The minimum absolute atomic E-state index is 0.0445. The third-order valence-corrected chi connectivity index (χ3v) is 12.6. The lowest BCUT2D eigenvalue weighted by atomic mass is 10.1. The first-order valence-corrected chi connectivity index (χ1v) is 24.1. The van der Waals surface area contributed by atoms with E-state index in [2.05, 4.69) is 20.6 Å². The number of anilines is 2. The van der Waals surface area contributed by atoms with Crippen LogP contribution in [0.15, 0.2) is 214 Å².